The molecule has 0 unspecified atom stereocenters. The van der Waals surface area contributed by atoms with E-state index in [0.29, 0.717) is 18.7 Å². The molecule has 0 bridgehead atoms. The molecule has 0 spiro atoms. The van der Waals surface area contributed by atoms with Gasteiger partial charge in [-0.1, -0.05) is 88.2 Å². The average molecular weight is 526 g/mol. The predicted molar refractivity (Wildman–Crippen MR) is 140 cm³/mol. The zero-order chi connectivity index (χ0) is 23.6. The number of carbonyl (C=O) groups excluding carboxylic acids is 2. The Kier molecular flexibility index (Phi) is 9.58. The molecule has 0 aromatic heterocycles. The molecule has 0 aliphatic heterocycles. The monoisotopic (exact) mass is 524 g/mol. The fourth-order valence-electron chi connectivity index (χ4n) is 3.58. The van der Waals surface area contributed by atoms with Gasteiger partial charge in [0.2, 0.25) is 11.8 Å². The second-order valence-electron chi connectivity index (χ2n) is 7.95. The Morgan fingerprint density at radius 3 is 2.30 bits per heavy atom. The minimum Gasteiger partial charge on any atom is -0.357 e. The number of amides is 2. The number of likely N-dealkylation sites (N-methyl/N-ethyl adjacent to an activating group) is 1. The first-order valence-corrected chi connectivity index (χ1v) is 12.8. The molecule has 6 heteroatoms. The number of hydrogen-bond donors (Lipinski definition) is 1. The van der Waals surface area contributed by atoms with Crippen LogP contribution in [-0.2, 0) is 28.3 Å². The van der Waals surface area contributed by atoms with Crippen molar-refractivity contribution in [3.05, 3.63) is 106 Å². The van der Waals surface area contributed by atoms with E-state index in [1.807, 2.05) is 54.6 Å². The van der Waals surface area contributed by atoms with E-state index >= 15 is 0 Å². The summed E-state index contributed by atoms with van der Waals surface area (Å²) in [5.74, 6) is 0.854. The van der Waals surface area contributed by atoms with Crippen LogP contribution in [0.25, 0.3) is 0 Å². The summed E-state index contributed by atoms with van der Waals surface area (Å²) in [6.07, 6.45) is 0.461. The molecule has 3 aromatic rings. The Morgan fingerprint density at radius 1 is 0.939 bits per heavy atom. The van der Waals surface area contributed by atoms with E-state index in [4.69, 9.17) is 0 Å². The largest absolute Gasteiger partial charge is 0.357 e. The standard InChI is InChI=1S/C27H29BrN2O2S/c1-20-11-13-22(14-12-20)18-33-19-26(31)30(17-23-9-6-10-24(28)15-23)25(27(32)29-2)16-21-7-4-3-5-8-21/h3-15,25H,16-19H2,1-2H3,(H,29,32)/t25-/m1/s1. The normalized spacial score (nSPS) is 11.6. The van der Waals surface area contributed by atoms with Crippen molar-refractivity contribution in [3.63, 3.8) is 0 Å². The highest BCUT2D eigenvalue weighted by atomic mass is 79.9. The highest BCUT2D eigenvalue weighted by Gasteiger charge is 2.29. The van der Waals surface area contributed by atoms with Crippen molar-refractivity contribution in [1.29, 1.82) is 0 Å². The van der Waals surface area contributed by atoms with Crippen LogP contribution in [-0.4, -0.2) is 35.6 Å². The Hall–Kier alpha value is -2.57. The summed E-state index contributed by atoms with van der Waals surface area (Å²) in [6.45, 7) is 2.43. The quantitative estimate of drug-likeness (QED) is 0.387. The van der Waals surface area contributed by atoms with Crippen LogP contribution in [0.4, 0.5) is 0 Å². The molecule has 3 aromatic carbocycles. The van der Waals surface area contributed by atoms with Gasteiger partial charge in [0.15, 0.2) is 0 Å². The number of thioether (sulfide) groups is 1. The number of hydrogen-bond acceptors (Lipinski definition) is 3. The van der Waals surface area contributed by atoms with Crippen LogP contribution in [0.3, 0.4) is 0 Å². The molecule has 0 heterocycles. The van der Waals surface area contributed by atoms with E-state index < -0.39 is 6.04 Å². The van der Waals surface area contributed by atoms with E-state index in [-0.39, 0.29) is 11.8 Å². The van der Waals surface area contributed by atoms with Crippen molar-refractivity contribution in [3.8, 4) is 0 Å². The van der Waals surface area contributed by atoms with Crippen LogP contribution in [0.15, 0.2) is 83.3 Å². The third kappa shape index (κ3) is 7.76. The van der Waals surface area contributed by atoms with Crippen LogP contribution >= 0.6 is 27.7 Å². The van der Waals surface area contributed by atoms with Crippen molar-refractivity contribution in [2.45, 2.75) is 31.7 Å². The van der Waals surface area contributed by atoms with E-state index in [2.05, 4.69) is 52.4 Å². The van der Waals surface area contributed by atoms with Gasteiger partial charge in [-0.3, -0.25) is 9.59 Å². The second kappa shape index (κ2) is 12.6. The molecule has 0 saturated heterocycles. The summed E-state index contributed by atoms with van der Waals surface area (Å²) in [7, 11) is 1.62. The minimum atomic E-state index is -0.594. The van der Waals surface area contributed by atoms with Crippen molar-refractivity contribution in [2.75, 3.05) is 12.8 Å². The number of halogens is 1. The smallest absolute Gasteiger partial charge is 0.242 e. The summed E-state index contributed by atoms with van der Waals surface area (Å²) in [6, 6.07) is 25.5. The van der Waals surface area contributed by atoms with Crippen molar-refractivity contribution >= 4 is 39.5 Å². The zero-order valence-corrected chi connectivity index (χ0v) is 21.4. The number of aryl methyl sites for hydroxylation is 1. The summed E-state index contributed by atoms with van der Waals surface area (Å²) in [4.78, 5) is 28.1. The number of rotatable bonds is 10. The lowest BCUT2D eigenvalue weighted by molar-refractivity contribution is -0.139. The Balaban J connectivity index is 1.80. The van der Waals surface area contributed by atoms with E-state index in [0.717, 1.165) is 21.4 Å². The van der Waals surface area contributed by atoms with Gasteiger partial charge in [0, 0.05) is 30.2 Å². The van der Waals surface area contributed by atoms with Gasteiger partial charge in [0.05, 0.1) is 5.75 Å². The highest BCUT2D eigenvalue weighted by molar-refractivity contribution is 9.10. The van der Waals surface area contributed by atoms with Gasteiger partial charge >= 0.3 is 0 Å². The third-order valence-corrected chi connectivity index (χ3v) is 6.86. The SMILES string of the molecule is CNC(=O)[C@@H](Cc1ccccc1)N(Cc1cccc(Br)c1)C(=O)CSCc1ccc(C)cc1. The molecule has 1 atom stereocenters. The lowest BCUT2D eigenvalue weighted by Gasteiger charge is -2.31. The van der Waals surface area contributed by atoms with Crippen LogP contribution in [0.2, 0.25) is 0 Å². The van der Waals surface area contributed by atoms with Gasteiger partial charge in [-0.05, 0) is 35.7 Å². The predicted octanol–water partition coefficient (Wildman–Crippen LogP) is 5.38. The van der Waals surface area contributed by atoms with Gasteiger partial charge in [0.1, 0.15) is 6.04 Å². The maximum Gasteiger partial charge on any atom is 0.242 e. The number of nitrogens with one attached hydrogen (secondary N) is 1. The van der Waals surface area contributed by atoms with E-state index in [9.17, 15) is 9.59 Å². The molecular formula is C27H29BrN2O2S. The Bertz CT molecular complexity index is 1060. The highest BCUT2D eigenvalue weighted by Crippen LogP contribution is 2.20. The maximum atomic E-state index is 13.4. The van der Waals surface area contributed by atoms with E-state index in [1.54, 1.807) is 23.7 Å². The first-order chi connectivity index (χ1) is 16.0. The van der Waals surface area contributed by atoms with Crippen LogP contribution in [0.1, 0.15) is 22.3 Å². The molecule has 1 N–H and O–H groups in total. The molecule has 0 radical (unpaired) electrons. The molecule has 0 aliphatic carbocycles. The number of nitrogens with zero attached hydrogens (tertiary/aromatic N) is 1. The van der Waals surface area contributed by atoms with Gasteiger partial charge < -0.3 is 10.2 Å². The molecule has 3 rings (SSSR count). The molecule has 0 saturated carbocycles. The molecule has 33 heavy (non-hydrogen) atoms. The van der Waals surface area contributed by atoms with Crippen LogP contribution in [0, 0.1) is 6.92 Å². The zero-order valence-electron chi connectivity index (χ0n) is 19.0. The van der Waals surface area contributed by atoms with E-state index in [1.165, 1.54) is 11.1 Å². The lowest BCUT2D eigenvalue weighted by Crippen LogP contribution is -2.50. The summed E-state index contributed by atoms with van der Waals surface area (Å²) in [5, 5.41) is 2.76. The molecular weight excluding hydrogens is 496 g/mol. The fourth-order valence-corrected chi connectivity index (χ4v) is 4.89. The number of carbonyl (C=O) groups is 2. The average Bonchev–Trinajstić information content (AvgIpc) is 2.82. The molecule has 0 fully saturated rings. The third-order valence-electron chi connectivity index (χ3n) is 5.37. The summed E-state index contributed by atoms with van der Waals surface area (Å²) < 4.78 is 0.945. The molecule has 2 amide bonds. The van der Waals surface area contributed by atoms with Gasteiger partial charge in [0.25, 0.3) is 0 Å². The second-order valence-corrected chi connectivity index (χ2v) is 9.85. The van der Waals surface area contributed by atoms with Gasteiger partial charge in [-0.2, -0.15) is 0 Å². The topological polar surface area (TPSA) is 49.4 Å². The Labute approximate surface area is 208 Å². The molecule has 172 valence electrons. The van der Waals surface area contributed by atoms with Gasteiger partial charge in [-0.15, -0.1) is 11.8 Å². The summed E-state index contributed by atoms with van der Waals surface area (Å²) >= 11 is 5.08. The summed E-state index contributed by atoms with van der Waals surface area (Å²) in [5.41, 5.74) is 4.40. The minimum absolute atomic E-state index is 0.0448. The maximum absolute atomic E-state index is 13.4. The molecule has 4 nitrogen and oxygen atoms in total. The lowest BCUT2D eigenvalue weighted by atomic mass is 10.0. The number of benzene rings is 3. The van der Waals surface area contributed by atoms with Crippen molar-refractivity contribution in [1.82, 2.24) is 10.2 Å². The van der Waals surface area contributed by atoms with Crippen molar-refractivity contribution in [2.24, 2.45) is 0 Å². The van der Waals surface area contributed by atoms with Crippen molar-refractivity contribution < 1.29 is 9.59 Å². The van der Waals surface area contributed by atoms with Gasteiger partial charge in [-0.25, -0.2) is 0 Å². The Morgan fingerprint density at radius 2 is 1.64 bits per heavy atom. The molecule has 0 aliphatic rings. The first kappa shape index (κ1) is 25.1. The first-order valence-electron chi connectivity index (χ1n) is 10.9. The fraction of sp³-hybridized carbons (Fsp3) is 0.259. The van der Waals surface area contributed by atoms with Crippen LogP contribution in [0.5, 0.6) is 0 Å². The van der Waals surface area contributed by atoms with Crippen LogP contribution < -0.4 is 5.32 Å².